The van der Waals surface area contributed by atoms with Crippen LogP contribution in [-0.2, 0) is 15.9 Å². The third-order valence-electron chi connectivity index (χ3n) is 3.90. The Balaban J connectivity index is 1.84. The van der Waals surface area contributed by atoms with Gasteiger partial charge in [0.2, 0.25) is 0 Å². The van der Waals surface area contributed by atoms with Crippen LogP contribution in [0.4, 0.5) is 0 Å². The highest BCUT2D eigenvalue weighted by atomic mass is 16.5. The van der Waals surface area contributed by atoms with Crippen molar-refractivity contribution in [2.24, 2.45) is 11.7 Å². The van der Waals surface area contributed by atoms with Gasteiger partial charge in [0.1, 0.15) is 0 Å². The van der Waals surface area contributed by atoms with Gasteiger partial charge >= 0.3 is 0 Å². The summed E-state index contributed by atoms with van der Waals surface area (Å²) in [7, 11) is 0. The number of rotatable bonds is 6. The van der Waals surface area contributed by atoms with E-state index in [0.717, 1.165) is 38.2 Å². The van der Waals surface area contributed by atoms with Gasteiger partial charge in [-0.1, -0.05) is 31.2 Å². The lowest BCUT2D eigenvalue weighted by Gasteiger charge is -2.22. The molecule has 0 amide bonds. The standard InChI is InChI=1S/C16H25NO2/c1-3-13-4-6-15(7-5-13)16(17)12(2)19-11-14-8-9-18-10-14/h4-7,12,14,16H,3,8-11,17H2,1-2H3. The van der Waals surface area contributed by atoms with Crippen molar-refractivity contribution >= 4 is 0 Å². The van der Waals surface area contributed by atoms with Crippen molar-refractivity contribution in [1.82, 2.24) is 0 Å². The van der Waals surface area contributed by atoms with Crippen LogP contribution in [0.15, 0.2) is 24.3 Å². The number of benzene rings is 1. The average Bonchev–Trinajstić information content (AvgIpc) is 2.97. The third kappa shape index (κ3) is 4.03. The lowest BCUT2D eigenvalue weighted by molar-refractivity contribution is 0.0221. The van der Waals surface area contributed by atoms with Gasteiger partial charge in [-0.15, -0.1) is 0 Å². The summed E-state index contributed by atoms with van der Waals surface area (Å²) in [4.78, 5) is 0. The van der Waals surface area contributed by atoms with E-state index in [1.165, 1.54) is 5.56 Å². The second kappa shape index (κ2) is 7.04. The van der Waals surface area contributed by atoms with Gasteiger partial charge in [-0.3, -0.25) is 0 Å². The van der Waals surface area contributed by atoms with E-state index in [-0.39, 0.29) is 12.1 Å². The molecule has 106 valence electrons. The lowest BCUT2D eigenvalue weighted by atomic mass is 10.0. The van der Waals surface area contributed by atoms with Crippen molar-refractivity contribution < 1.29 is 9.47 Å². The molecule has 3 unspecified atom stereocenters. The van der Waals surface area contributed by atoms with E-state index in [0.29, 0.717) is 5.92 Å². The highest BCUT2D eigenvalue weighted by Gasteiger charge is 2.20. The molecule has 3 atom stereocenters. The summed E-state index contributed by atoms with van der Waals surface area (Å²) >= 11 is 0. The Labute approximate surface area is 116 Å². The fourth-order valence-corrected chi connectivity index (χ4v) is 2.35. The molecule has 0 aromatic heterocycles. The number of hydrogen-bond acceptors (Lipinski definition) is 3. The Morgan fingerprint density at radius 2 is 2.11 bits per heavy atom. The Kier molecular flexibility index (Phi) is 5.37. The molecule has 1 aliphatic rings. The zero-order valence-electron chi connectivity index (χ0n) is 12.0. The minimum atomic E-state index is -0.0618. The van der Waals surface area contributed by atoms with Gasteiger partial charge in [-0.25, -0.2) is 0 Å². The molecule has 3 nitrogen and oxygen atoms in total. The van der Waals surface area contributed by atoms with Crippen LogP contribution in [0.2, 0.25) is 0 Å². The molecular formula is C16H25NO2. The molecule has 1 aromatic carbocycles. The van der Waals surface area contributed by atoms with Crippen LogP contribution in [0.5, 0.6) is 0 Å². The Bertz CT molecular complexity index is 371. The smallest absolute Gasteiger partial charge is 0.0739 e. The van der Waals surface area contributed by atoms with E-state index in [1.54, 1.807) is 0 Å². The summed E-state index contributed by atoms with van der Waals surface area (Å²) in [6.45, 7) is 6.65. The average molecular weight is 263 g/mol. The molecule has 3 heteroatoms. The predicted molar refractivity (Wildman–Crippen MR) is 77.1 cm³/mol. The van der Waals surface area contributed by atoms with Crippen LogP contribution in [0, 0.1) is 5.92 Å². The molecule has 0 saturated carbocycles. The van der Waals surface area contributed by atoms with Gasteiger partial charge in [0, 0.05) is 12.5 Å². The summed E-state index contributed by atoms with van der Waals surface area (Å²) < 4.78 is 11.2. The molecule has 0 radical (unpaired) electrons. The van der Waals surface area contributed by atoms with Gasteiger partial charge in [0.25, 0.3) is 0 Å². The van der Waals surface area contributed by atoms with E-state index < -0.39 is 0 Å². The second-order valence-corrected chi connectivity index (χ2v) is 5.39. The second-order valence-electron chi connectivity index (χ2n) is 5.39. The Morgan fingerprint density at radius 1 is 1.37 bits per heavy atom. The SMILES string of the molecule is CCc1ccc(C(N)C(C)OCC2CCOC2)cc1. The highest BCUT2D eigenvalue weighted by Crippen LogP contribution is 2.20. The van der Waals surface area contributed by atoms with E-state index in [4.69, 9.17) is 15.2 Å². The summed E-state index contributed by atoms with van der Waals surface area (Å²) in [5, 5.41) is 0. The summed E-state index contributed by atoms with van der Waals surface area (Å²) in [5.41, 5.74) is 8.74. The minimum absolute atomic E-state index is 0.0353. The zero-order valence-corrected chi connectivity index (χ0v) is 12.0. The van der Waals surface area contributed by atoms with Crippen molar-refractivity contribution in [3.8, 4) is 0 Å². The molecule has 2 N–H and O–H groups in total. The van der Waals surface area contributed by atoms with Crippen LogP contribution < -0.4 is 5.73 Å². The normalized spacial score (nSPS) is 22.4. The first kappa shape index (κ1) is 14.5. The number of hydrogen-bond donors (Lipinski definition) is 1. The van der Waals surface area contributed by atoms with Gasteiger partial charge in [0.05, 0.1) is 25.4 Å². The van der Waals surface area contributed by atoms with Crippen molar-refractivity contribution in [2.45, 2.75) is 38.8 Å². The number of ether oxygens (including phenoxy) is 2. The van der Waals surface area contributed by atoms with E-state index in [9.17, 15) is 0 Å². The van der Waals surface area contributed by atoms with Crippen molar-refractivity contribution in [1.29, 1.82) is 0 Å². The van der Waals surface area contributed by atoms with Crippen LogP contribution in [0.25, 0.3) is 0 Å². The van der Waals surface area contributed by atoms with Crippen LogP contribution in [0.3, 0.4) is 0 Å². The van der Waals surface area contributed by atoms with Crippen molar-refractivity contribution in [3.05, 3.63) is 35.4 Å². The number of aryl methyl sites for hydroxylation is 1. The van der Waals surface area contributed by atoms with Crippen LogP contribution in [-0.4, -0.2) is 25.9 Å². The van der Waals surface area contributed by atoms with Gasteiger partial charge in [-0.2, -0.15) is 0 Å². The highest BCUT2D eigenvalue weighted by molar-refractivity contribution is 5.25. The molecule has 2 rings (SSSR count). The van der Waals surface area contributed by atoms with Crippen molar-refractivity contribution in [2.75, 3.05) is 19.8 Å². The fraction of sp³-hybridized carbons (Fsp3) is 0.625. The van der Waals surface area contributed by atoms with Gasteiger partial charge in [0.15, 0.2) is 0 Å². The maximum Gasteiger partial charge on any atom is 0.0739 e. The summed E-state index contributed by atoms with van der Waals surface area (Å²) in [5.74, 6) is 0.539. The third-order valence-corrected chi connectivity index (χ3v) is 3.90. The van der Waals surface area contributed by atoms with E-state index in [1.807, 2.05) is 6.92 Å². The van der Waals surface area contributed by atoms with Gasteiger partial charge < -0.3 is 15.2 Å². The molecule has 1 aromatic rings. The quantitative estimate of drug-likeness (QED) is 0.858. The first-order chi connectivity index (χ1) is 9.20. The molecule has 0 bridgehead atoms. The van der Waals surface area contributed by atoms with E-state index >= 15 is 0 Å². The zero-order chi connectivity index (χ0) is 13.7. The minimum Gasteiger partial charge on any atom is -0.381 e. The Morgan fingerprint density at radius 3 is 2.68 bits per heavy atom. The fourth-order valence-electron chi connectivity index (χ4n) is 2.35. The van der Waals surface area contributed by atoms with Gasteiger partial charge in [-0.05, 0) is 30.9 Å². The lowest BCUT2D eigenvalue weighted by Crippen LogP contribution is -2.28. The summed E-state index contributed by atoms with van der Waals surface area (Å²) in [6.07, 6.45) is 2.20. The molecule has 1 fully saturated rings. The molecule has 1 aliphatic heterocycles. The topological polar surface area (TPSA) is 44.5 Å². The molecule has 1 saturated heterocycles. The molecule has 19 heavy (non-hydrogen) atoms. The molecular weight excluding hydrogens is 238 g/mol. The molecule has 1 heterocycles. The van der Waals surface area contributed by atoms with Crippen molar-refractivity contribution in [3.63, 3.8) is 0 Å². The molecule has 0 spiro atoms. The maximum atomic E-state index is 6.26. The Hall–Kier alpha value is -0.900. The maximum absolute atomic E-state index is 6.26. The predicted octanol–water partition coefficient (Wildman–Crippen LogP) is 2.69. The van der Waals surface area contributed by atoms with Crippen LogP contribution in [0.1, 0.15) is 37.4 Å². The summed E-state index contributed by atoms with van der Waals surface area (Å²) in [6, 6.07) is 8.46. The first-order valence-corrected chi connectivity index (χ1v) is 7.24. The van der Waals surface area contributed by atoms with E-state index in [2.05, 4.69) is 31.2 Å². The monoisotopic (exact) mass is 263 g/mol. The largest absolute Gasteiger partial charge is 0.381 e. The number of nitrogens with two attached hydrogens (primary N) is 1. The van der Waals surface area contributed by atoms with Crippen LogP contribution >= 0.6 is 0 Å². The first-order valence-electron chi connectivity index (χ1n) is 7.24. The molecule has 0 aliphatic carbocycles.